The average Bonchev–Trinajstić information content (AvgIpc) is 2.85. The number of ether oxygens (including phenoxy) is 1. The van der Waals surface area contributed by atoms with Gasteiger partial charge in [-0.05, 0) is 49.3 Å². The van der Waals surface area contributed by atoms with Crippen molar-refractivity contribution >= 4 is 27.9 Å². The Morgan fingerprint density at radius 2 is 1.59 bits per heavy atom. The van der Waals surface area contributed by atoms with Gasteiger partial charge in [-0.1, -0.05) is 11.8 Å². The van der Waals surface area contributed by atoms with Crippen LogP contribution in [0.25, 0.3) is 11.4 Å². The summed E-state index contributed by atoms with van der Waals surface area (Å²) in [6.07, 6.45) is -15.5. The molecule has 1 aromatic carbocycles. The van der Waals surface area contributed by atoms with Gasteiger partial charge in [0.15, 0.2) is 0 Å². The minimum atomic E-state index is -5.80. The first-order valence-corrected chi connectivity index (χ1v) is 13.2. The zero-order valence-corrected chi connectivity index (χ0v) is 20.6. The van der Waals surface area contributed by atoms with E-state index in [-0.39, 0.29) is 49.1 Å². The molecule has 0 saturated carbocycles. The fraction of sp³-hybridized carbons (Fsp3) is 0.526. The minimum Gasteiger partial charge on any atom is -0.426 e. The summed E-state index contributed by atoms with van der Waals surface area (Å²) in [6.45, 7) is -0.437. The number of nitrogens with zero attached hydrogens (tertiary/aromatic N) is 5. The molecule has 1 amide bonds. The lowest BCUT2D eigenvalue weighted by Gasteiger charge is -2.33. The van der Waals surface area contributed by atoms with E-state index >= 15 is 0 Å². The van der Waals surface area contributed by atoms with Gasteiger partial charge < -0.3 is 9.64 Å². The standard InChI is InChI=1S/C19H20F6N6O4S2/c1-36-16-29-27-14(28-30-16)12-2-4-13(5-3-12)37(33,34)26-10-11-6-8-31(9-7-11)17(32)35-15(18(20,21)22)19(23,24)25/h2-5,11,15,26H,6-10H2,1H3. The third kappa shape index (κ3) is 7.64. The Balaban J connectivity index is 1.52. The number of amides is 1. The van der Waals surface area contributed by atoms with E-state index in [1.165, 1.54) is 36.0 Å². The van der Waals surface area contributed by atoms with Crippen LogP contribution in [-0.2, 0) is 14.8 Å². The molecule has 0 radical (unpaired) electrons. The number of halogens is 6. The molecule has 10 nitrogen and oxygen atoms in total. The summed E-state index contributed by atoms with van der Waals surface area (Å²) in [4.78, 5) is 12.5. The highest BCUT2D eigenvalue weighted by atomic mass is 32.2. The van der Waals surface area contributed by atoms with E-state index in [1.54, 1.807) is 6.26 Å². The van der Waals surface area contributed by atoms with E-state index in [4.69, 9.17) is 0 Å². The van der Waals surface area contributed by atoms with Gasteiger partial charge >= 0.3 is 18.4 Å². The highest BCUT2D eigenvalue weighted by Crippen LogP contribution is 2.36. The molecule has 2 heterocycles. The van der Waals surface area contributed by atoms with E-state index in [0.717, 1.165) is 4.90 Å². The molecule has 18 heteroatoms. The second-order valence-corrected chi connectivity index (χ2v) is 10.4. The number of benzene rings is 1. The van der Waals surface area contributed by atoms with E-state index in [0.29, 0.717) is 10.7 Å². The molecule has 204 valence electrons. The zero-order valence-electron chi connectivity index (χ0n) is 19.0. The number of hydrogen-bond acceptors (Lipinski definition) is 9. The molecule has 2 aromatic rings. The Bertz CT molecular complexity index is 1160. The lowest BCUT2D eigenvalue weighted by molar-refractivity contribution is -0.308. The first-order chi connectivity index (χ1) is 17.2. The maximum atomic E-state index is 12.6. The highest BCUT2D eigenvalue weighted by molar-refractivity contribution is 7.98. The molecule has 1 aromatic heterocycles. The maximum Gasteiger partial charge on any atom is 0.434 e. The Morgan fingerprint density at radius 3 is 2.08 bits per heavy atom. The van der Waals surface area contributed by atoms with E-state index in [1.807, 2.05) is 0 Å². The predicted octanol–water partition coefficient (Wildman–Crippen LogP) is 3.28. The first-order valence-electron chi connectivity index (χ1n) is 10.5. The molecule has 1 saturated heterocycles. The summed E-state index contributed by atoms with van der Waals surface area (Å²) in [5.74, 6) is -0.101. The summed E-state index contributed by atoms with van der Waals surface area (Å²) >= 11 is 1.26. The van der Waals surface area contributed by atoms with Crippen LogP contribution in [0.1, 0.15) is 12.8 Å². The van der Waals surface area contributed by atoms with Gasteiger partial charge in [-0.25, -0.2) is 17.9 Å². The quantitative estimate of drug-likeness (QED) is 0.392. The Labute approximate surface area is 211 Å². The van der Waals surface area contributed by atoms with Crippen molar-refractivity contribution in [1.82, 2.24) is 30.0 Å². The van der Waals surface area contributed by atoms with Gasteiger partial charge in [0.25, 0.3) is 6.10 Å². The molecule has 37 heavy (non-hydrogen) atoms. The Kier molecular flexibility index (Phi) is 8.84. The molecular formula is C19H20F6N6O4S2. The smallest absolute Gasteiger partial charge is 0.426 e. The third-order valence-electron chi connectivity index (χ3n) is 5.31. The van der Waals surface area contributed by atoms with Crippen molar-refractivity contribution in [2.45, 2.75) is 41.4 Å². The number of rotatable bonds is 7. The molecule has 0 bridgehead atoms. The molecule has 1 aliphatic heterocycles. The van der Waals surface area contributed by atoms with Gasteiger partial charge in [0, 0.05) is 25.2 Å². The van der Waals surface area contributed by atoms with Crippen LogP contribution in [-0.4, -0.2) is 84.2 Å². The number of carbonyl (C=O) groups excluding carboxylic acids is 1. The second kappa shape index (κ2) is 11.3. The lowest BCUT2D eigenvalue weighted by Crippen LogP contribution is -2.49. The molecule has 3 rings (SSSR count). The topological polar surface area (TPSA) is 127 Å². The maximum absolute atomic E-state index is 12.6. The van der Waals surface area contributed by atoms with E-state index in [9.17, 15) is 39.6 Å². The number of piperidine rings is 1. The van der Waals surface area contributed by atoms with Crippen molar-refractivity contribution in [3.05, 3.63) is 24.3 Å². The van der Waals surface area contributed by atoms with Crippen LogP contribution in [0.3, 0.4) is 0 Å². The number of thioether (sulfide) groups is 1. The fourth-order valence-electron chi connectivity index (χ4n) is 3.33. The number of nitrogens with one attached hydrogen (secondary N) is 1. The first kappa shape index (κ1) is 28.8. The highest BCUT2D eigenvalue weighted by Gasteiger charge is 2.60. The molecule has 1 fully saturated rings. The summed E-state index contributed by atoms with van der Waals surface area (Å²) in [5, 5.41) is 15.9. The van der Waals surface area contributed by atoms with Crippen LogP contribution in [0.2, 0.25) is 0 Å². The summed E-state index contributed by atoms with van der Waals surface area (Å²) in [5.41, 5.74) is 0.490. The second-order valence-electron chi connectivity index (χ2n) is 7.86. The molecule has 1 aliphatic rings. The van der Waals surface area contributed by atoms with Crippen LogP contribution in [0.15, 0.2) is 34.3 Å². The van der Waals surface area contributed by atoms with Crippen molar-refractivity contribution in [1.29, 1.82) is 0 Å². The van der Waals surface area contributed by atoms with Gasteiger partial charge in [0.2, 0.25) is 21.0 Å². The summed E-state index contributed by atoms with van der Waals surface area (Å²) in [6, 6.07) is 5.62. The van der Waals surface area contributed by atoms with Gasteiger partial charge in [-0.15, -0.1) is 20.4 Å². The molecule has 0 spiro atoms. The van der Waals surface area contributed by atoms with E-state index in [2.05, 4.69) is 29.9 Å². The predicted molar refractivity (Wildman–Crippen MR) is 117 cm³/mol. The number of sulfonamides is 1. The normalized spacial score (nSPS) is 15.7. The van der Waals surface area contributed by atoms with Crippen LogP contribution < -0.4 is 4.72 Å². The Hall–Kier alpha value is -2.73. The number of hydrogen-bond donors (Lipinski definition) is 1. The number of carbonyl (C=O) groups is 1. The molecule has 1 N–H and O–H groups in total. The number of likely N-dealkylation sites (tertiary alicyclic amines) is 1. The summed E-state index contributed by atoms with van der Waals surface area (Å²) < 4.78 is 107. The van der Waals surface area contributed by atoms with Crippen LogP contribution in [0, 0.1) is 5.92 Å². The van der Waals surface area contributed by atoms with Crippen molar-refractivity contribution in [2.75, 3.05) is 25.9 Å². The van der Waals surface area contributed by atoms with Crippen molar-refractivity contribution in [3.63, 3.8) is 0 Å². The Morgan fingerprint density at radius 1 is 1.05 bits per heavy atom. The van der Waals surface area contributed by atoms with Gasteiger partial charge in [-0.2, -0.15) is 26.3 Å². The van der Waals surface area contributed by atoms with Crippen molar-refractivity contribution in [3.8, 4) is 11.4 Å². The van der Waals surface area contributed by atoms with Gasteiger partial charge in [0.05, 0.1) is 4.90 Å². The van der Waals surface area contributed by atoms with Gasteiger partial charge in [-0.3, -0.25) is 0 Å². The summed E-state index contributed by atoms with van der Waals surface area (Å²) in [7, 11) is -3.93. The minimum absolute atomic E-state index is 0.0478. The zero-order chi connectivity index (χ0) is 27.4. The average molecular weight is 575 g/mol. The molecule has 0 aliphatic carbocycles. The van der Waals surface area contributed by atoms with Crippen LogP contribution in [0.4, 0.5) is 31.1 Å². The lowest BCUT2D eigenvalue weighted by atomic mass is 9.97. The van der Waals surface area contributed by atoms with Crippen LogP contribution in [0.5, 0.6) is 0 Å². The number of aromatic nitrogens is 4. The molecule has 0 unspecified atom stereocenters. The molecular weight excluding hydrogens is 554 g/mol. The van der Waals surface area contributed by atoms with Crippen molar-refractivity contribution in [2.24, 2.45) is 5.92 Å². The van der Waals surface area contributed by atoms with Crippen molar-refractivity contribution < 1.29 is 44.3 Å². The number of alkyl halides is 6. The SMILES string of the molecule is CSc1nnc(-c2ccc(S(=O)(=O)NCC3CCN(C(=O)OC(C(F)(F)F)C(F)(F)F)CC3)cc2)nn1. The monoisotopic (exact) mass is 574 g/mol. The largest absolute Gasteiger partial charge is 0.434 e. The van der Waals surface area contributed by atoms with Crippen LogP contribution >= 0.6 is 11.8 Å². The fourth-order valence-corrected chi connectivity index (χ4v) is 4.69. The third-order valence-corrected chi connectivity index (χ3v) is 7.28. The molecule has 0 atom stereocenters. The van der Waals surface area contributed by atoms with Gasteiger partial charge in [0.1, 0.15) is 0 Å². The van der Waals surface area contributed by atoms with E-state index < -0.39 is 34.6 Å².